The molecule has 2 saturated carbocycles. The summed E-state index contributed by atoms with van der Waals surface area (Å²) in [5.74, 6) is -6.41. The number of hydrogen-bond acceptors (Lipinski definition) is 12. The highest BCUT2D eigenvalue weighted by atomic mass is 16.6. The van der Waals surface area contributed by atoms with Crippen LogP contribution in [0.2, 0.25) is 0 Å². The Balaban J connectivity index is 2.08. The molecule has 1 aromatic rings. The minimum atomic E-state index is -1.59. The van der Waals surface area contributed by atoms with Crippen LogP contribution in [0.4, 0.5) is 0 Å². The zero-order valence-electron chi connectivity index (χ0n) is 28.4. The van der Waals surface area contributed by atoms with Crippen LogP contribution in [-0.2, 0) is 52.5 Å². The van der Waals surface area contributed by atoms with Crippen molar-refractivity contribution in [1.29, 1.82) is 0 Å². The Labute approximate surface area is 274 Å². The van der Waals surface area contributed by atoms with Gasteiger partial charge < -0.3 is 28.1 Å². The second-order valence-electron chi connectivity index (χ2n) is 13.7. The van der Waals surface area contributed by atoms with Crippen molar-refractivity contribution in [3.8, 4) is 0 Å². The summed E-state index contributed by atoms with van der Waals surface area (Å²) >= 11 is 0. The van der Waals surface area contributed by atoms with Gasteiger partial charge in [-0.2, -0.15) is 0 Å². The van der Waals surface area contributed by atoms with Crippen molar-refractivity contribution in [1.82, 2.24) is 0 Å². The van der Waals surface area contributed by atoms with Crippen LogP contribution in [0, 0.1) is 28.1 Å². The number of rotatable bonds is 8. The molecule has 3 aliphatic rings. The molecule has 1 heterocycles. The van der Waals surface area contributed by atoms with E-state index in [0.29, 0.717) is 17.6 Å². The number of furan rings is 1. The average molecular weight is 657 g/mol. The Morgan fingerprint density at radius 3 is 1.98 bits per heavy atom. The zero-order chi connectivity index (χ0) is 35.2. The van der Waals surface area contributed by atoms with E-state index in [9.17, 15) is 28.8 Å². The number of fused-ring (bicyclic) bond motifs is 1. The van der Waals surface area contributed by atoms with Gasteiger partial charge in [-0.05, 0) is 35.1 Å². The monoisotopic (exact) mass is 656 g/mol. The first-order chi connectivity index (χ1) is 21.8. The highest BCUT2D eigenvalue weighted by Gasteiger charge is 2.71. The third-order valence-electron chi connectivity index (χ3n) is 10.6. The fourth-order valence-corrected chi connectivity index (χ4v) is 8.73. The summed E-state index contributed by atoms with van der Waals surface area (Å²) in [4.78, 5) is 78.2. The molecule has 0 N–H and O–H groups in total. The molecule has 0 bridgehead atoms. The first kappa shape index (κ1) is 35.6. The summed E-state index contributed by atoms with van der Waals surface area (Å²) in [6.45, 7) is 16.1. The molecule has 1 aromatic heterocycles. The molecule has 0 spiro atoms. The van der Waals surface area contributed by atoms with Crippen molar-refractivity contribution in [3.05, 3.63) is 48.0 Å². The zero-order valence-corrected chi connectivity index (χ0v) is 28.4. The van der Waals surface area contributed by atoms with E-state index in [-0.39, 0.29) is 12.3 Å². The fraction of sp³-hybridized carbons (Fsp3) is 0.600. The van der Waals surface area contributed by atoms with E-state index in [1.54, 1.807) is 33.3 Å². The van der Waals surface area contributed by atoms with E-state index >= 15 is 0 Å². The molecule has 2 fully saturated rings. The molecule has 0 unspecified atom stereocenters. The average Bonchev–Trinajstić information content (AvgIpc) is 3.61. The lowest BCUT2D eigenvalue weighted by atomic mass is 9.44. The lowest BCUT2D eigenvalue weighted by molar-refractivity contribution is -0.232. The van der Waals surface area contributed by atoms with Gasteiger partial charge in [-0.1, -0.05) is 40.3 Å². The smallest absolute Gasteiger partial charge is 0.305 e. The Kier molecular flexibility index (Phi) is 9.68. The highest BCUT2D eigenvalue weighted by molar-refractivity contribution is 5.93. The molecule has 0 amide bonds. The molecule has 0 aromatic carbocycles. The summed E-state index contributed by atoms with van der Waals surface area (Å²) in [5.41, 5.74) is -1.89. The van der Waals surface area contributed by atoms with E-state index in [1.165, 1.54) is 21.0 Å². The molecular formula is C35H44O12. The number of allylic oxidation sites excluding steroid dienone is 1. The second-order valence-corrected chi connectivity index (χ2v) is 13.7. The van der Waals surface area contributed by atoms with Gasteiger partial charge in [0, 0.05) is 62.2 Å². The van der Waals surface area contributed by atoms with Crippen LogP contribution in [0.5, 0.6) is 0 Å². The lowest BCUT2D eigenvalue weighted by Gasteiger charge is -2.62. The van der Waals surface area contributed by atoms with E-state index in [4.69, 9.17) is 28.1 Å². The summed E-state index contributed by atoms with van der Waals surface area (Å²) in [7, 11) is 1.21. The normalized spacial score (nSPS) is 34.4. The molecule has 47 heavy (non-hydrogen) atoms. The number of ether oxygens (including phenoxy) is 5. The molecule has 0 aliphatic heterocycles. The molecule has 3 aliphatic carbocycles. The van der Waals surface area contributed by atoms with Gasteiger partial charge in [-0.25, -0.2) is 0 Å². The molecule has 12 nitrogen and oxygen atoms in total. The van der Waals surface area contributed by atoms with E-state index in [1.807, 2.05) is 19.1 Å². The van der Waals surface area contributed by atoms with Crippen molar-refractivity contribution in [2.45, 2.75) is 98.6 Å². The Morgan fingerprint density at radius 1 is 0.894 bits per heavy atom. The second kappa shape index (κ2) is 12.8. The Bertz CT molecular complexity index is 1500. The molecular weight excluding hydrogens is 612 g/mol. The Hall–Kier alpha value is -4.22. The Morgan fingerprint density at radius 2 is 1.47 bits per heavy atom. The number of esters is 5. The largest absolute Gasteiger partial charge is 0.472 e. The minimum Gasteiger partial charge on any atom is -0.472 e. The lowest BCUT2D eigenvalue weighted by Crippen LogP contribution is -2.70. The fourth-order valence-electron chi connectivity index (χ4n) is 8.73. The van der Waals surface area contributed by atoms with E-state index < -0.39 is 88.1 Å². The van der Waals surface area contributed by atoms with Crippen LogP contribution < -0.4 is 0 Å². The van der Waals surface area contributed by atoms with E-state index in [0.717, 1.165) is 19.4 Å². The van der Waals surface area contributed by atoms with Gasteiger partial charge in [0.2, 0.25) is 0 Å². The maximum atomic E-state index is 14.2. The third kappa shape index (κ3) is 5.91. The third-order valence-corrected chi connectivity index (χ3v) is 10.6. The van der Waals surface area contributed by atoms with Crippen molar-refractivity contribution < 1.29 is 56.9 Å². The quantitative estimate of drug-likeness (QED) is 0.287. The topological polar surface area (TPSA) is 162 Å². The number of carbonyl (C=O) groups excluding carboxylic acids is 6. The number of ketones is 1. The molecule has 12 heteroatoms. The molecule has 9 atom stereocenters. The van der Waals surface area contributed by atoms with Crippen LogP contribution in [0.25, 0.3) is 0 Å². The first-order valence-electron chi connectivity index (χ1n) is 15.5. The maximum absolute atomic E-state index is 14.2. The summed E-state index contributed by atoms with van der Waals surface area (Å²) in [6, 6.07) is 1.82. The predicted molar refractivity (Wildman–Crippen MR) is 164 cm³/mol. The molecule has 0 saturated heterocycles. The maximum Gasteiger partial charge on any atom is 0.305 e. The van der Waals surface area contributed by atoms with Crippen LogP contribution >= 0.6 is 0 Å². The number of methoxy groups -OCH3 is 1. The van der Waals surface area contributed by atoms with Gasteiger partial charge in [0.25, 0.3) is 0 Å². The van der Waals surface area contributed by atoms with Gasteiger partial charge >= 0.3 is 29.8 Å². The van der Waals surface area contributed by atoms with Crippen molar-refractivity contribution >= 4 is 35.6 Å². The van der Waals surface area contributed by atoms with Crippen LogP contribution in [0.1, 0.15) is 79.7 Å². The van der Waals surface area contributed by atoms with Gasteiger partial charge in [0.15, 0.2) is 18.0 Å². The van der Waals surface area contributed by atoms with Gasteiger partial charge in [0.05, 0.1) is 19.6 Å². The van der Waals surface area contributed by atoms with Gasteiger partial charge in [-0.15, -0.1) is 0 Å². The molecule has 4 rings (SSSR count). The van der Waals surface area contributed by atoms with Gasteiger partial charge in [-0.3, -0.25) is 28.8 Å². The van der Waals surface area contributed by atoms with Crippen molar-refractivity contribution in [3.63, 3.8) is 0 Å². The van der Waals surface area contributed by atoms with E-state index in [2.05, 4.69) is 6.58 Å². The van der Waals surface area contributed by atoms with Gasteiger partial charge in [0.1, 0.15) is 12.2 Å². The molecule has 0 radical (unpaired) electrons. The molecule has 256 valence electrons. The van der Waals surface area contributed by atoms with Crippen LogP contribution in [-0.4, -0.2) is 67.2 Å². The summed E-state index contributed by atoms with van der Waals surface area (Å²) in [5, 5.41) is 0. The number of Topliss-reactive ketones (excluding diaryl/α,β-unsaturated/α-hetero) is 1. The number of hydrogen-bond donors (Lipinski definition) is 0. The standard InChI is InChI=1S/C35H44O12/c1-17-23-11-12-24(22-13-14-43-16-22)34(23,8)31(46-20(4)38)28(44-18(2)36)27(17)35(9)25(15-26(40)42-10)33(6,7)30(41)29(45-19(3)37)32(35)47-21(5)39/h11,13-14,16,24-25,27-29,31-32H,1,12,15H2,2-10H3/t24-,25-,27+,28-,29-,31-,32-,34+,35-/m0/s1. The first-order valence-corrected chi connectivity index (χ1v) is 15.5. The minimum absolute atomic E-state index is 0.280. The number of carbonyl (C=O) groups is 6. The summed E-state index contributed by atoms with van der Waals surface area (Å²) < 4.78 is 34.2. The van der Waals surface area contributed by atoms with Crippen LogP contribution in [0.3, 0.4) is 0 Å². The van der Waals surface area contributed by atoms with Crippen LogP contribution in [0.15, 0.2) is 46.8 Å². The predicted octanol–water partition coefficient (Wildman–Crippen LogP) is 4.41. The van der Waals surface area contributed by atoms with Crippen molar-refractivity contribution in [2.75, 3.05) is 7.11 Å². The SMILES string of the molecule is C=C1C2=CC[C@@H](c3ccoc3)[C@]2(C)[C@@H](OC(C)=O)[C@@H](OC(C)=O)[C@@H]1[C@@]1(C)[C@@H](OC(C)=O)[C@@H](OC(C)=O)C(=O)C(C)(C)[C@@H]1CC(=O)OC. The highest BCUT2D eigenvalue weighted by Crippen LogP contribution is 2.67. The summed E-state index contributed by atoms with van der Waals surface area (Å²) in [6.07, 6.45) is -0.137. The van der Waals surface area contributed by atoms with Crippen molar-refractivity contribution in [2.24, 2.45) is 28.1 Å².